The molecule has 0 amide bonds. The van der Waals surface area contributed by atoms with Crippen LogP contribution in [-0.2, 0) is 0 Å². The third kappa shape index (κ3) is 9.06. The molecule has 0 aliphatic rings. The van der Waals surface area contributed by atoms with Crippen LogP contribution in [0.5, 0.6) is 0 Å². The Kier molecular flexibility index (Phi) is 12.5. The zero-order chi connectivity index (χ0) is 37.4. The van der Waals surface area contributed by atoms with Crippen molar-refractivity contribution in [2.24, 2.45) is 0 Å². The van der Waals surface area contributed by atoms with E-state index >= 15 is 0 Å². The summed E-state index contributed by atoms with van der Waals surface area (Å²) in [5.74, 6) is 0. The van der Waals surface area contributed by atoms with Gasteiger partial charge in [-0.25, -0.2) is 0 Å². The average Bonchev–Trinajstić information content (AvgIpc) is 3.15. The maximum absolute atomic E-state index is 2.36. The second-order valence-corrected chi connectivity index (χ2v) is 13.7. The molecule has 0 saturated heterocycles. The molecule has 0 fully saturated rings. The monoisotopic (exact) mass is 678 g/mol. The summed E-state index contributed by atoms with van der Waals surface area (Å²) in [6.07, 6.45) is 0. The standard InChI is InChI=1S/C48H42.2C2H6/c1-31-16-32(2)20-43(19-31)37-10-7-13-40(25-37)46-28-47(41-14-8-11-38(26-41)44-21-33(3)17-34(4)22-44)30-48(29-46)42-15-9-12-39(27-42)45-23-35(5)18-36(6)24-45;2*1-2/h7-30H,1-6H3;2*1-2H3. The van der Waals surface area contributed by atoms with Crippen LogP contribution in [0.2, 0.25) is 0 Å². The molecule has 0 aliphatic carbocycles. The lowest BCUT2D eigenvalue weighted by molar-refractivity contribution is 1.38. The summed E-state index contributed by atoms with van der Waals surface area (Å²) in [5.41, 5.74) is 22.5. The highest BCUT2D eigenvalue weighted by atomic mass is 14.2. The summed E-state index contributed by atoms with van der Waals surface area (Å²) in [4.78, 5) is 0. The van der Waals surface area contributed by atoms with Gasteiger partial charge in [0.25, 0.3) is 0 Å². The van der Waals surface area contributed by atoms with Crippen molar-refractivity contribution in [3.05, 3.63) is 179 Å². The molecule has 0 spiro atoms. The number of hydrogen-bond acceptors (Lipinski definition) is 0. The predicted octanol–water partition coefficient (Wildman–Crippen LogP) is 15.6. The molecule has 0 unspecified atom stereocenters. The molecule has 0 aliphatic heterocycles. The number of benzene rings is 7. The minimum absolute atomic E-state index is 1.21. The van der Waals surface area contributed by atoms with Gasteiger partial charge < -0.3 is 0 Å². The summed E-state index contributed by atoms with van der Waals surface area (Å²) in [6.45, 7) is 21.1. The highest BCUT2D eigenvalue weighted by Crippen LogP contribution is 2.37. The maximum atomic E-state index is 2.36. The highest BCUT2D eigenvalue weighted by molar-refractivity contribution is 5.85. The number of hydrogen-bond donors (Lipinski definition) is 0. The van der Waals surface area contributed by atoms with Crippen LogP contribution in [0.15, 0.2) is 146 Å². The lowest BCUT2D eigenvalue weighted by Crippen LogP contribution is -1.89. The van der Waals surface area contributed by atoms with E-state index in [1.807, 2.05) is 27.7 Å². The summed E-state index contributed by atoms with van der Waals surface area (Å²) in [6, 6.07) is 54.5. The van der Waals surface area contributed by atoms with Crippen molar-refractivity contribution in [3.8, 4) is 66.8 Å². The molecule has 0 heterocycles. The van der Waals surface area contributed by atoms with E-state index < -0.39 is 0 Å². The minimum Gasteiger partial charge on any atom is -0.0683 e. The van der Waals surface area contributed by atoms with E-state index in [2.05, 4.69) is 187 Å². The van der Waals surface area contributed by atoms with Crippen LogP contribution in [-0.4, -0.2) is 0 Å². The molecule has 52 heavy (non-hydrogen) atoms. The largest absolute Gasteiger partial charge is 0.0683 e. The SMILES string of the molecule is CC.CC.Cc1cc(C)cc(-c2cccc(-c3cc(-c4cccc(-c5cc(C)cc(C)c5)c4)cc(-c4cccc(-c5cc(C)cc(C)c5)c4)c3)c2)c1. The molecule has 0 bridgehead atoms. The molecule has 262 valence electrons. The van der Waals surface area contributed by atoms with Gasteiger partial charge in [-0.3, -0.25) is 0 Å². The third-order valence-electron chi connectivity index (χ3n) is 9.19. The van der Waals surface area contributed by atoms with Crippen LogP contribution in [0, 0.1) is 41.5 Å². The smallest absolute Gasteiger partial charge is 0.0171 e. The van der Waals surface area contributed by atoms with E-state index in [1.54, 1.807) is 0 Å². The van der Waals surface area contributed by atoms with Gasteiger partial charge >= 0.3 is 0 Å². The van der Waals surface area contributed by atoms with Crippen LogP contribution in [0.3, 0.4) is 0 Å². The Balaban J connectivity index is 0.00000126. The molecule has 7 aromatic rings. The molecule has 0 heteroatoms. The zero-order valence-electron chi connectivity index (χ0n) is 32.9. The fourth-order valence-electron chi connectivity index (χ4n) is 7.19. The first kappa shape index (κ1) is 37.8. The minimum atomic E-state index is 1.21. The first-order chi connectivity index (χ1) is 25.2. The van der Waals surface area contributed by atoms with Crippen molar-refractivity contribution in [2.75, 3.05) is 0 Å². The summed E-state index contributed by atoms with van der Waals surface area (Å²) in [7, 11) is 0. The van der Waals surface area contributed by atoms with Crippen LogP contribution in [0.4, 0.5) is 0 Å². The Labute approximate surface area is 313 Å². The van der Waals surface area contributed by atoms with Crippen molar-refractivity contribution < 1.29 is 0 Å². The van der Waals surface area contributed by atoms with Gasteiger partial charge in [-0.2, -0.15) is 0 Å². The maximum Gasteiger partial charge on any atom is -0.0171 e. The van der Waals surface area contributed by atoms with E-state index in [0.29, 0.717) is 0 Å². The molecule has 0 radical (unpaired) electrons. The van der Waals surface area contributed by atoms with E-state index in [0.717, 1.165) is 0 Å². The number of aryl methyl sites for hydroxylation is 6. The lowest BCUT2D eigenvalue weighted by Gasteiger charge is -2.14. The van der Waals surface area contributed by atoms with Gasteiger partial charge in [-0.15, -0.1) is 0 Å². The van der Waals surface area contributed by atoms with Crippen molar-refractivity contribution in [1.29, 1.82) is 0 Å². The highest BCUT2D eigenvalue weighted by Gasteiger charge is 2.12. The van der Waals surface area contributed by atoms with Crippen molar-refractivity contribution >= 4 is 0 Å². The second-order valence-electron chi connectivity index (χ2n) is 13.7. The molecule has 7 rings (SSSR count). The van der Waals surface area contributed by atoms with Gasteiger partial charge in [0.1, 0.15) is 0 Å². The molecule has 0 N–H and O–H groups in total. The van der Waals surface area contributed by atoms with E-state index in [9.17, 15) is 0 Å². The van der Waals surface area contributed by atoms with Gasteiger partial charge in [0.05, 0.1) is 0 Å². The Morgan fingerprint density at radius 2 is 0.346 bits per heavy atom. The molecule has 0 aromatic heterocycles. The van der Waals surface area contributed by atoms with E-state index in [4.69, 9.17) is 0 Å². The van der Waals surface area contributed by atoms with E-state index in [-0.39, 0.29) is 0 Å². The zero-order valence-corrected chi connectivity index (χ0v) is 32.9. The van der Waals surface area contributed by atoms with Gasteiger partial charge in [0, 0.05) is 0 Å². The van der Waals surface area contributed by atoms with Crippen LogP contribution < -0.4 is 0 Å². The fourth-order valence-corrected chi connectivity index (χ4v) is 7.19. The normalized spacial score (nSPS) is 10.5. The van der Waals surface area contributed by atoms with Crippen molar-refractivity contribution in [2.45, 2.75) is 69.2 Å². The molecule has 7 aromatic carbocycles. The summed E-state index contributed by atoms with van der Waals surface area (Å²) < 4.78 is 0. The van der Waals surface area contributed by atoms with Crippen molar-refractivity contribution in [1.82, 2.24) is 0 Å². The molecular formula is C52H54. The Hall–Kier alpha value is -5.46. The molecule has 0 nitrogen and oxygen atoms in total. The molecular weight excluding hydrogens is 625 g/mol. The summed E-state index contributed by atoms with van der Waals surface area (Å²) >= 11 is 0. The van der Waals surface area contributed by atoms with Crippen LogP contribution in [0.25, 0.3) is 66.8 Å². The van der Waals surface area contributed by atoms with Crippen LogP contribution in [0.1, 0.15) is 61.1 Å². The fraction of sp³-hybridized carbons (Fsp3) is 0.192. The van der Waals surface area contributed by atoms with Crippen LogP contribution >= 0.6 is 0 Å². The topological polar surface area (TPSA) is 0 Å². The Morgan fingerprint density at radius 3 is 0.538 bits per heavy atom. The predicted molar refractivity (Wildman–Crippen MR) is 230 cm³/mol. The van der Waals surface area contributed by atoms with Gasteiger partial charge in [0.2, 0.25) is 0 Å². The molecule has 0 atom stereocenters. The van der Waals surface area contributed by atoms with E-state index in [1.165, 1.54) is 100 Å². The molecule has 0 saturated carbocycles. The van der Waals surface area contributed by atoms with Gasteiger partial charge in [-0.1, -0.05) is 170 Å². The third-order valence-corrected chi connectivity index (χ3v) is 9.19. The summed E-state index contributed by atoms with van der Waals surface area (Å²) in [5, 5.41) is 0. The number of rotatable bonds is 6. The van der Waals surface area contributed by atoms with Gasteiger partial charge in [0.15, 0.2) is 0 Å². The van der Waals surface area contributed by atoms with Gasteiger partial charge in [-0.05, 0) is 145 Å². The second kappa shape index (κ2) is 17.2. The first-order valence-corrected chi connectivity index (χ1v) is 18.9. The Bertz CT molecular complexity index is 1970. The first-order valence-electron chi connectivity index (χ1n) is 18.9. The Morgan fingerprint density at radius 1 is 0.192 bits per heavy atom. The quantitative estimate of drug-likeness (QED) is 0.164. The lowest BCUT2D eigenvalue weighted by atomic mass is 9.90. The van der Waals surface area contributed by atoms with Crippen molar-refractivity contribution in [3.63, 3.8) is 0 Å². The average molecular weight is 679 g/mol.